The maximum atomic E-state index is 11.9. The van der Waals surface area contributed by atoms with Crippen molar-refractivity contribution in [1.82, 2.24) is 0 Å². The van der Waals surface area contributed by atoms with Crippen LogP contribution in [0.15, 0.2) is 0 Å². The van der Waals surface area contributed by atoms with Gasteiger partial charge in [-0.05, 0) is 158 Å². The Kier molecular flexibility index (Phi) is 18.2. The van der Waals surface area contributed by atoms with E-state index in [4.69, 9.17) is 61.8 Å². The molecular weight excluding hydrogens is 855 g/mol. The minimum Gasteiger partial charge on any atom is -0.481 e. The van der Waals surface area contributed by atoms with Crippen LogP contribution < -0.4 is 0 Å². The number of carbonyl (C=O) groups is 2. The van der Waals surface area contributed by atoms with Crippen molar-refractivity contribution in [2.24, 2.45) is 118 Å². The van der Waals surface area contributed by atoms with Gasteiger partial charge in [0.05, 0.1) is 68.8 Å². The van der Waals surface area contributed by atoms with Crippen LogP contribution in [-0.2, 0) is 38.0 Å². The van der Waals surface area contributed by atoms with E-state index in [0.29, 0.717) is 78.8 Å². The first kappa shape index (κ1) is 51.1. The fourth-order valence-electron chi connectivity index (χ4n) is 14.3. The molecule has 4 aliphatic heterocycles. The minimum atomic E-state index is -0.568. The summed E-state index contributed by atoms with van der Waals surface area (Å²) in [6.45, 7) is 24.9. The summed E-state index contributed by atoms with van der Waals surface area (Å²) in [6, 6.07) is 0. The zero-order valence-electron chi connectivity index (χ0n) is 40.5. The molecule has 8 bridgehead atoms. The molecule has 0 aromatic heterocycles. The lowest BCUT2D eigenvalue weighted by Crippen LogP contribution is -2.31. The second-order valence-corrected chi connectivity index (χ2v) is 23.6. The molecule has 0 aromatic rings. The van der Waals surface area contributed by atoms with Crippen LogP contribution in [0.5, 0.6) is 0 Å². The lowest BCUT2D eigenvalue weighted by Gasteiger charge is -2.31. The Morgan fingerprint density at radius 1 is 0.484 bits per heavy atom. The van der Waals surface area contributed by atoms with Crippen molar-refractivity contribution in [2.45, 2.75) is 131 Å². The zero-order chi connectivity index (χ0) is 46.0. The van der Waals surface area contributed by atoms with Crippen molar-refractivity contribution in [3.63, 3.8) is 0 Å². The van der Waals surface area contributed by atoms with Gasteiger partial charge in [0.15, 0.2) is 0 Å². The van der Waals surface area contributed by atoms with Gasteiger partial charge in [-0.2, -0.15) is 0 Å². The minimum absolute atomic E-state index is 0.0267. The zero-order valence-corrected chi connectivity index (χ0v) is 42.0. The number of epoxide rings is 4. The number of aliphatic carboxylic acids is 1. The summed E-state index contributed by atoms with van der Waals surface area (Å²) in [7, 11) is 0. The van der Waals surface area contributed by atoms with Crippen molar-refractivity contribution in [3.05, 3.63) is 0 Å². The third-order valence-electron chi connectivity index (χ3n) is 19.7. The monoisotopic (exact) mass is 941 g/mol. The van der Waals surface area contributed by atoms with E-state index >= 15 is 0 Å². The second kappa shape index (κ2) is 22.8. The van der Waals surface area contributed by atoms with Gasteiger partial charge in [0.25, 0.3) is 0 Å². The molecular formula is C52H86Cl2O10. The molecule has 0 amide bonds. The van der Waals surface area contributed by atoms with Crippen LogP contribution in [0.3, 0.4) is 0 Å². The third kappa shape index (κ3) is 12.7. The molecule has 8 aliphatic carbocycles. The van der Waals surface area contributed by atoms with Gasteiger partial charge in [0, 0.05) is 13.2 Å². The number of carboxylic acids is 1. The molecule has 0 aromatic carbocycles. The number of rotatable bonds is 11. The lowest BCUT2D eigenvalue weighted by atomic mass is 9.76. The number of aliphatic hydroxyl groups is 1. The Labute approximate surface area is 396 Å². The van der Waals surface area contributed by atoms with Crippen LogP contribution in [0.25, 0.3) is 0 Å². The van der Waals surface area contributed by atoms with Gasteiger partial charge in [0.1, 0.15) is 18.8 Å². The van der Waals surface area contributed by atoms with Gasteiger partial charge in [-0.3, -0.25) is 9.59 Å². The van der Waals surface area contributed by atoms with Crippen molar-refractivity contribution >= 4 is 35.1 Å². The van der Waals surface area contributed by atoms with Crippen molar-refractivity contribution in [1.29, 1.82) is 0 Å². The number of carbonyl (C=O) groups excluding carboxylic acids is 1. The molecule has 0 spiro atoms. The Balaban J connectivity index is 0.000000120. The summed E-state index contributed by atoms with van der Waals surface area (Å²) in [6.07, 6.45) is 11.4. The van der Waals surface area contributed by atoms with E-state index in [1.165, 1.54) is 38.5 Å². The van der Waals surface area contributed by atoms with Crippen LogP contribution in [0.1, 0.15) is 107 Å². The number of ether oxygens (including phenoxy) is 6. The average Bonchev–Trinajstić information content (AvgIpc) is 4.26. The van der Waals surface area contributed by atoms with Crippen LogP contribution in [0, 0.1) is 118 Å². The SMILES string of the molecule is CC1C2CC(C(=O)O)C(C2)C1C.CC1C2CC(C(=O)OCC3CO3)C(C2)C1C.CC1C2CC(CO)C(C2)C1C.CC1C2CC(COCC3CO3)C(C2)C1C.ClCC1CO1.ClCC1CO1. The first-order valence-corrected chi connectivity index (χ1v) is 26.9. The molecule has 10 nitrogen and oxygen atoms in total. The van der Waals surface area contributed by atoms with Crippen molar-refractivity contribution in [3.8, 4) is 0 Å². The number of halogens is 2. The molecule has 24 unspecified atom stereocenters. The van der Waals surface area contributed by atoms with E-state index in [1.54, 1.807) is 0 Å². The second-order valence-electron chi connectivity index (χ2n) is 23.0. The van der Waals surface area contributed by atoms with Crippen LogP contribution >= 0.6 is 23.2 Å². The number of hydrogen-bond donors (Lipinski definition) is 2. The molecule has 0 radical (unpaired) electrons. The maximum Gasteiger partial charge on any atom is 0.309 e. The molecule has 368 valence electrons. The molecule has 64 heavy (non-hydrogen) atoms. The molecule has 12 heteroatoms. The van der Waals surface area contributed by atoms with Gasteiger partial charge >= 0.3 is 11.9 Å². The number of carboxylic acid groups (broad SMARTS) is 1. The Morgan fingerprint density at radius 3 is 1.22 bits per heavy atom. The van der Waals surface area contributed by atoms with Crippen LogP contribution in [0.2, 0.25) is 0 Å². The average molecular weight is 942 g/mol. The Bertz CT molecular complexity index is 1460. The highest BCUT2D eigenvalue weighted by Crippen LogP contribution is 2.57. The van der Waals surface area contributed by atoms with Gasteiger partial charge in [-0.15, -0.1) is 23.2 Å². The highest BCUT2D eigenvalue weighted by molar-refractivity contribution is 6.18. The summed E-state index contributed by atoms with van der Waals surface area (Å²) in [4.78, 5) is 22.8. The standard InChI is InChI=1S/C13H20O3.C13H22O2.C10H16O2.C10H18O.2C3H5ClO/c1-7-8(2)11-3-9(7)4-12(11)13(14)16-6-10-5-15-10;1-8-9(2)13-4-10(8)3-11(13)5-14-6-12-7-15-12;1-5-6(2)8-3-7(5)4-9(8)10(11)12;1-6-7(2)10-4-8(6)3-9(10)5-11;2*4-1-3-2-5-3/h7-12H,3-6H2,1-2H3;8-13H,3-7H2,1-2H3;5-9H,3-4H2,1-2H3,(H,11,12);6-11H,3-5H2,1-2H3;2*3H,1-2H2. The largest absolute Gasteiger partial charge is 0.481 e. The molecule has 24 atom stereocenters. The summed E-state index contributed by atoms with van der Waals surface area (Å²) in [5, 5.41) is 18.0. The molecule has 4 heterocycles. The van der Waals surface area contributed by atoms with E-state index in [0.717, 1.165) is 123 Å². The van der Waals surface area contributed by atoms with E-state index in [9.17, 15) is 9.59 Å². The first-order valence-electron chi connectivity index (χ1n) is 25.8. The fourth-order valence-corrected chi connectivity index (χ4v) is 14.7. The van der Waals surface area contributed by atoms with Crippen molar-refractivity contribution < 1.29 is 48.2 Å². The summed E-state index contributed by atoms with van der Waals surface area (Å²) in [5.74, 6) is 15.2. The van der Waals surface area contributed by atoms with Crippen LogP contribution in [-0.4, -0.2) is 111 Å². The van der Waals surface area contributed by atoms with Crippen molar-refractivity contribution in [2.75, 3.05) is 64.6 Å². The Morgan fingerprint density at radius 2 is 0.859 bits per heavy atom. The molecule has 12 rings (SSSR count). The molecule has 4 saturated heterocycles. The predicted molar refractivity (Wildman–Crippen MR) is 249 cm³/mol. The van der Waals surface area contributed by atoms with Gasteiger partial charge in [-0.25, -0.2) is 0 Å². The third-order valence-corrected chi connectivity index (χ3v) is 20.4. The summed E-state index contributed by atoms with van der Waals surface area (Å²) >= 11 is 10.5. The highest BCUT2D eigenvalue weighted by Gasteiger charge is 2.53. The smallest absolute Gasteiger partial charge is 0.309 e. The van der Waals surface area contributed by atoms with E-state index in [-0.39, 0.29) is 23.9 Å². The number of alkyl halides is 2. The number of esters is 1. The van der Waals surface area contributed by atoms with Gasteiger partial charge < -0.3 is 38.6 Å². The topological polar surface area (TPSA) is 143 Å². The van der Waals surface area contributed by atoms with E-state index < -0.39 is 5.97 Å². The van der Waals surface area contributed by atoms with Gasteiger partial charge in [0.2, 0.25) is 0 Å². The lowest BCUT2D eigenvalue weighted by molar-refractivity contribution is -0.152. The molecule has 12 aliphatic rings. The highest BCUT2D eigenvalue weighted by atomic mass is 35.5. The number of fused-ring (bicyclic) bond motifs is 8. The van der Waals surface area contributed by atoms with E-state index in [1.807, 2.05) is 0 Å². The normalized spacial score (nSPS) is 49.1. The van der Waals surface area contributed by atoms with E-state index in [2.05, 4.69) is 55.4 Å². The van der Waals surface area contributed by atoms with Gasteiger partial charge in [-0.1, -0.05) is 55.4 Å². The molecule has 8 saturated carbocycles. The molecule has 2 N–H and O–H groups in total. The quantitative estimate of drug-likeness (QED) is 0.117. The molecule has 12 fully saturated rings. The van der Waals surface area contributed by atoms with Crippen LogP contribution in [0.4, 0.5) is 0 Å². The predicted octanol–water partition coefficient (Wildman–Crippen LogP) is 9.34. The summed E-state index contributed by atoms with van der Waals surface area (Å²) in [5.41, 5.74) is 0. The maximum absolute atomic E-state index is 11.9. The first-order chi connectivity index (χ1) is 30.6. The number of hydrogen-bond acceptors (Lipinski definition) is 9. The Hall–Kier alpha value is -0.720. The number of aliphatic hydroxyl groups excluding tert-OH is 1. The summed E-state index contributed by atoms with van der Waals surface area (Å²) < 4.78 is 30.7. The fraction of sp³-hybridized carbons (Fsp3) is 0.962.